The lowest BCUT2D eigenvalue weighted by atomic mass is 9.98. The first kappa shape index (κ1) is 24.7. The van der Waals surface area contributed by atoms with Crippen molar-refractivity contribution in [2.75, 3.05) is 26.9 Å². The van der Waals surface area contributed by atoms with Gasteiger partial charge in [-0.1, -0.05) is 48.5 Å². The third kappa shape index (κ3) is 5.65. The molecule has 4 rings (SSSR count). The molecule has 0 saturated heterocycles. The summed E-state index contributed by atoms with van der Waals surface area (Å²) < 4.78 is 10.7. The van der Waals surface area contributed by atoms with Crippen LogP contribution in [-0.4, -0.2) is 66.9 Å². The van der Waals surface area contributed by atoms with Gasteiger partial charge in [-0.25, -0.2) is 4.79 Å². The number of alkyl carbamates (subject to hydrolysis) is 1. The van der Waals surface area contributed by atoms with E-state index in [1.165, 1.54) is 0 Å². The molecule has 8 heteroatoms. The maximum atomic E-state index is 13.3. The van der Waals surface area contributed by atoms with Crippen LogP contribution in [0.15, 0.2) is 48.5 Å². The summed E-state index contributed by atoms with van der Waals surface area (Å²) in [5.74, 6) is -1.35. The standard InChI is InChI=1S/C27H32N2O6/c1-17(18-11-12-18)29(13-14-34-2)26(32)24(15-25(30)31)28-27(33)35-16-23-21-9-5-3-7-19(21)20-8-4-6-10-22(20)23/h3-10,17-18,23-24H,11-16H2,1-2H3,(H,28,33)(H,30,31). The zero-order chi connectivity index (χ0) is 24.9. The molecule has 0 aromatic heterocycles. The van der Waals surface area contributed by atoms with E-state index in [1.54, 1.807) is 12.0 Å². The lowest BCUT2D eigenvalue weighted by Crippen LogP contribution is -2.53. The number of aliphatic carboxylic acids is 1. The SMILES string of the molecule is COCCN(C(=O)C(CC(=O)O)NC(=O)OCC1c2ccccc2-c2ccccc21)C(C)C1CC1. The molecule has 186 valence electrons. The normalized spacial score (nSPS) is 16.1. The van der Waals surface area contributed by atoms with Gasteiger partial charge in [0.15, 0.2) is 0 Å². The second-order valence-electron chi connectivity index (χ2n) is 9.22. The number of hydrogen-bond acceptors (Lipinski definition) is 5. The van der Waals surface area contributed by atoms with Crippen LogP contribution in [0.2, 0.25) is 0 Å². The predicted octanol–water partition coefficient (Wildman–Crippen LogP) is 3.64. The number of ether oxygens (including phenoxy) is 2. The molecule has 1 fully saturated rings. The Balaban J connectivity index is 1.44. The third-order valence-electron chi connectivity index (χ3n) is 6.93. The van der Waals surface area contributed by atoms with Crippen LogP contribution >= 0.6 is 0 Å². The Morgan fingerprint density at radius 3 is 2.20 bits per heavy atom. The van der Waals surface area contributed by atoms with Gasteiger partial charge in [0.25, 0.3) is 0 Å². The van der Waals surface area contributed by atoms with E-state index < -0.39 is 30.4 Å². The topological polar surface area (TPSA) is 105 Å². The molecule has 2 aromatic carbocycles. The Morgan fingerprint density at radius 1 is 1.06 bits per heavy atom. The number of amides is 2. The summed E-state index contributed by atoms with van der Waals surface area (Å²) in [5, 5.41) is 11.9. The van der Waals surface area contributed by atoms with Gasteiger partial charge in [0.1, 0.15) is 12.6 Å². The largest absolute Gasteiger partial charge is 0.481 e. The third-order valence-corrected chi connectivity index (χ3v) is 6.93. The van der Waals surface area contributed by atoms with Crippen molar-refractivity contribution in [1.82, 2.24) is 10.2 Å². The van der Waals surface area contributed by atoms with Crippen molar-refractivity contribution in [1.29, 1.82) is 0 Å². The number of benzene rings is 2. The molecule has 0 radical (unpaired) electrons. The first-order chi connectivity index (χ1) is 16.9. The lowest BCUT2D eigenvalue weighted by molar-refractivity contribution is -0.144. The van der Waals surface area contributed by atoms with Crippen LogP contribution in [0.25, 0.3) is 11.1 Å². The molecule has 0 spiro atoms. The van der Waals surface area contributed by atoms with Gasteiger partial charge in [-0.05, 0) is 47.9 Å². The van der Waals surface area contributed by atoms with Gasteiger partial charge in [-0.2, -0.15) is 0 Å². The van der Waals surface area contributed by atoms with Crippen LogP contribution in [0.5, 0.6) is 0 Å². The van der Waals surface area contributed by atoms with Crippen LogP contribution in [0.1, 0.15) is 43.2 Å². The van der Waals surface area contributed by atoms with Gasteiger partial charge in [-0.3, -0.25) is 9.59 Å². The fraction of sp³-hybridized carbons (Fsp3) is 0.444. The summed E-state index contributed by atoms with van der Waals surface area (Å²) in [6.07, 6.45) is 0.726. The van der Waals surface area contributed by atoms with Crippen molar-refractivity contribution in [3.63, 3.8) is 0 Å². The molecule has 8 nitrogen and oxygen atoms in total. The van der Waals surface area contributed by atoms with Gasteiger partial charge in [-0.15, -0.1) is 0 Å². The van der Waals surface area contributed by atoms with E-state index in [1.807, 2.05) is 55.5 Å². The number of methoxy groups -OCH3 is 1. The van der Waals surface area contributed by atoms with E-state index in [4.69, 9.17) is 9.47 Å². The molecular formula is C27H32N2O6. The Bertz CT molecular complexity index is 1040. The number of carbonyl (C=O) groups is 3. The van der Waals surface area contributed by atoms with Crippen molar-refractivity contribution in [2.24, 2.45) is 5.92 Å². The fourth-order valence-electron chi connectivity index (χ4n) is 4.89. The van der Waals surface area contributed by atoms with Crippen molar-refractivity contribution < 1.29 is 29.0 Å². The highest BCUT2D eigenvalue weighted by molar-refractivity contribution is 5.89. The minimum Gasteiger partial charge on any atom is -0.481 e. The Labute approximate surface area is 205 Å². The number of nitrogens with zero attached hydrogens (tertiary/aromatic N) is 1. The quantitative estimate of drug-likeness (QED) is 0.509. The molecule has 0 aliphatic heterocycles. The molecule has 2 amide bonds. The maximum absolute atomic E-state index is 13.3. The Morgan fingerprint density at radius 2 is 1.66 bits per heavy atom. The summed E-state index contributed by atoms with van der Waals surface area (Å²) >= 11 is 0. The highest BCUT2D eigenvalue weighted by atomic mass is 16.5. The monoisotopic (exact) mass is 480 g/mol. The Hall–Kier alpha value is -3.39. The summed E-state index contributed by atoms with van der Waals surface area (Å²) in [6, 6.07) is 14.7. The molecule has 2 aliphatic carbocycles. The van der Waals surface area contributed by atoms with Crippen molar-refractivity contribution in [3.05, 3.63) is 59.7 Å². The van der Waals surface area contributed by atoms with Gasteiger partial charge in [0.2, 0.25) is 5.91 Å². The van der Waals surface area contributed by atoms with Gasteiger partial charge >= 0.3 is 12.1 Å². The predicted molar refractivity (Wildman–Crippen MR) is 130 cm³/mol. The van der Waals surface area contributed by atoms with E-state index in [9.17, 15) is 19.5 Å². The smallest absolute Gasteiger partial charge is 0.407 e. The molecule has 2 aliphatic rings. The summed E-state index contributed by atoms with van der Waals surface area (Å²) in [4.78, 5) is 39.2. The highest BCUT2D eigenvalue weighted by Gasteiger charge is 2.38. The van der Waals surface area contributed by atoms with Crippen LogP contribution in [0, 0.1) is 5.92 Å². The van der Waals surface area contributed by atoms with E-state index in [-0.39, 0.29) is 18.6 Å². The summed E-state index contributed by atoms with van der Waals surface area (Å²) in [7, 11) is 1.55. The van der Waals surface area contributed by atoms with Crippen LogP contribution in [0.3, 0.4) is 0 Å². The zero-order valence-electron chi connectivity index (χ0n) is 20.1. The molecule has 1 saturated carbocycles. The first-order valence-electron chi connectivity index (χ1n) is 12.0. The van der Waals surface area contributed by atoms with Crippen LogP contribution in [0.4, 0.5) is 4.79 Å². The van der Waals surface area contributed by atoms with Gasteiger partial charge in [0.05, 0.1) is 13.0 Å². The maximum Gasteiger partial charge on any atom is 0.407 e. The molecule has 2 aromatic rings. The lowest BCUT2D eigenvalue weighted by Gasteiger charge is -2.32. The minimum absolute atomic E-state index is 0.0572. The molecule has 2 unspecified atom stereocenters. The summed E-state index contributed by atoms with van der Waals surface area (Å²) in [5.41, 5.74) is 4.37. The molecule has 2 atom stereocenters. The second-order valence-corrected chi connectivity index (χ2v) is 9.22. The number of fused-ring (bicyclic) bond motifs is 3. The molecule has 0 bridgehead atoms. The first-order valence-corrected chi connectivity index (χ1v) is 12.0. The number of carboxylic acids is 1. The minimum atomic E-state index is -1.22. The number of hydrogen-bond donors (Lipinski definition) is 2. The number of rotatable bonds is 11. The molecule has 2 N–H and O–H groups in total. The summed E-state index contributed by atoms with van der Waals surface area (Å²) in [6.45, 7) is 2.69. The van der Waals surface area contributed by atoms with E-state index in [0.717, 1.165) is 35.1 Å². The molecular weight excluding hydrogens is 448 g/mol. The van der Waals surface area contributed by atoms with E-state index in [0.29, 0.717) is 19.1 Å². The Kier molecular flexibility index (Phi) is 7.70. The van der Waals surface area contributed by atoms with Crippen LogP contribution < -0.4 is 5.32 Å². The average Bonchev–Trinajstić information content (AvgIpc) is 3.65. The van der Waals surface area contributed by atoms with Crippen molar-refractivity contribution in [3.8, 4) is 11.1 Å². The van der Waals surface area contributed by atoms with Crippen LogP contribution in [-0.2, 0) is 19.1 Å². The van der Waals surface area contributed by atoms with E-state index in [2.05, 4.69) is 5.32 Å². The van der Waals surface area contributed by atoms with Gasteiger partial charge < -0.3 is 24.8 Å². The second kappa shape index (κ2) is 10.9. The molecule has 0 heterocycles. The van der Waals surface area contributed by atoms with Crippen molar-refractivity contribution >= 4 is 18.0 Å². The fourth-order valence-corrected chi connectivity index (χ4v) is 4.89. The molecule has 35 heavy (non-hydrogen) atoms. The van der Waals surface area contributed by atoms with Crippen molar-refractivity contribution in [2.45, 2.75) is 44.2 Å². The average molecular weight is 481 g/mol. The van der Waals surface area contributed by atoms with E-state index >= 15 is 0 Å². The zero-order valence-corrected chi connectivity index (χ0v) is 20.1. The number of carbonyl (C=O) groups excluding carboxylic acids is 2. The number of carboxylic acid groups (broad SMARTS) is 1. The number of nitrogens with one attached hydrogen (secondary N) is 1. The highest BCUT2D eigenvalue weighted by Crippen LogP contribution is 2.44. The van der Waals surface area contributed by atoms with Gasteiger partial charge in [0, 0.05) is 25.6 Å².